The van der Waals surface area contributed by atoms with Crippen molar-refractivity contribution < 1.29 is 4.74 Å². The third kappa shape index (κ3) is 5.01. The minimum atomic E-state index is 0.260. The smallest absolute Gasteiger partial charge is 0.0644 e. The predicted octanol–water partition coefficient (Wildman–Crippen LogP) is 3.48. The zero-order chi connectivity index (χ0) is 14.4. The molecule has 0 aliphatic heterocycles. The molecule has 4 heteroatoms. The number of rotatable bonds is 7. The maximum absolute atomic E-state index is 6.33. The van der Waals surface area contributed by atoms with Gasteiger partial charge in [-0.05, 0) is 45.5 Å². The lowest BCUT2D eigenvalue weighted by atomic mass is 10.1. The Balaban J connectivity index is 2.66. The molecule has 0 bridgehead atoms. The van der Waals surface area contributed by atoms with Crippen LogP contribution in [0.4, 0.5) is 5.69 Å². The molecule has 1 atom stereocenters. The van der Waals surface area contributed by atoms with Crippen molar-refractivity contribution in [3.63, 3.8) is 0 Å². The van der Waals surface area contributed by atoms with Crippen molar-refractivity contribution in [2.45, 2.75) is 32.9 Å². The molecule has 1 aromatic carbocycles. The van der Waals surface area contributed by atoms with Gasteiger partial charge >= 0.3 is 0 Å². The van der Waals surface area contributed by atoms with Crippen LogP contribution in [0.3, 0.4) is 0 Å². The summed E-state index contributed by atoms with van der Waals surface area (Å²) in [5, 5.41) is 4.00. The molecule has 1 aromatic rings. The molecule has 0 amide bonds. The fourth-order valence-corrected chi connectivity index (χ4v) is 2.15. The third-order valence-electron chi connectivity index (χ3n) is 3.20. The summed E-state index contributed by atoms with van der Waals surface area (Å²) in [4.78, 5) is 2.15. The first-order valence-corrected chi connectivity index (χ1v) is 7.13. The molecule has 0 heterocycles. The van der Waals surface area contributed by atoms with Gasteiger partial charge in [-0.2, -0.15) is 0 Å². The summed E-state index contributed by atoms with van der Waals surface area (Å²) in [6, 6.07) is 6.46. The number of halogens is 1. The summed E-state index contributed by atoms with van der Waals surface area (Å²) in [6.07, 6.45) is 0.274. The molecule has 1 rings (SSSR count). The minimum Gasteiger partial charge on any atom is -0.377 e. The summed E-state index contributed by atoms with van der Waals surface area (Å²) < 4.78 is 5.56. The first-order valence-electron chi connectivity index (χ1n) is 6.75. The van der Waals surface area contributed by atoms with Crippen LogP contribution in [0.1, 0.15) is 32.4 Å². The van der Waals surface area contributed by atoms with E-state index >= 15 is 0 Å². The highest BCUT2D eigenvalue weighted by atomic mass is 35.5. The van der Waals surface area contributed by atoms with Gasteiger partial charge in [0.2, 0.25) is 0 Å². The molecule has 0 aliphatic rings. The Morgan fingerprint density at radius 2 is 2.00 bits per heavy atom. The van der Waals surface area contributed by atoms with Gasteiger partial charge in [-0.15, -0.1) is 0 Å². The van der Waals surface area contributed by atoms with Gasteiger partial charge in [0.05, 0.1) is 12.7 Å². The lowest BCUT2D eigenvalue weighted by Gasteiger charge is -2.22. The number of anilines is 1. The average Bonchev–Trinajstić information content (AvgIpc) is 2.37. The van der Waals surface area contributed by atoms with Crippen molar-refractivity contribution in [3.05, 3.63) is 28.8 Å². The molecule has 0 radical (unpaired) electrons. The van der Waals surface area contributed by atoms with E-state index in [9.17, 15) is 0 Å². The molecule has 108 valence electrons. The highest BCUT2D eigenvalue weighted by Gasteiger charge is 2.10. The number of benzene rings is 1. The van der Waals surface area contributed by atoms with Crippen LogP contribution in [-0.4, -0.2) is 33.4 Å². The minimum absolute atomic E-state index is 0.260. The molecule has 19 heavy (non-hydrogen) atoms. The largest absolute Gasteiger partial charge is 0.377 e. The van der Waals surface area contributed by atoms with Crippen LogP contribution < -0.4 is 10.2 Å². The lowest BCUT2D eigenvalue weighted by molar-refractivity contribution is 0.0846. The first kappa shape index (κ1) is 16.3. The number of ether oxygens (including phenoxy) is 1. The van der Waals surface area contributed by atoms with Crippen molar-refractivity contribution in [1.82, 2.24) is 5.32 Å². The zero-order valence-corrected chi connectivity index (χ0v) is 13.3. The molecule has 0 fully saturated rings. The van der Waals surface area contributed by atoms with E-state index in [1.54, 1.807) is 0 Å². The highest BCUT2D eigenvalue weighted by Crippen LogP contribution is 2.27. The van der Waals surface area contributed by atoms with Crippen molar-refractivity contribution >= 4 is 17.3 Å². The van der Waals surface area contributed by atoms with Gasteiger partial charge in [0.1, 0.15) is 0 Å². The fraction of sp³-hybridized carbons (Fsp3) is 0.600. The van der Waals surface area contributed by atoms with Crippen LogP contribution in [0.25, 0.3) is 0 Å². The highest BCUT2D eigenvalue weighted by molar-refractivity contribution is 6.31. The zero-order valence-electron chi connectivity index (χ0n) is 12.5. The molecule has 0 aliphatic carbocycles. The van der Waals surface area contributed by atoms with Crippen LogP contribution in [0, 0.1) is 0 Å². The molecule has 0 saturated carbocycles. The van der Waals surface area contributed by atoms with Crippen LogP contribution >= 0.6 is 11.6 Å². The number of hydrogen-bond donors (Lipinski definition) is 1. The first-order chi connectivity index (χ1) is 8.95. The van der Waals surface area contributed by atoms with Gasteiger partial charge in [0.15, 0.2) is 0 Å². The molecular weight excluding hydrogens is 260 g/mol. The van der Waals surface area contributed by atoms with Gasteiger partial charge in [-0.25, -0.2) is 0 Å². The molecule has 1 N–H and O–H groups in total. The summed E-state index contributed by atoms with van der Waals surface area (Å²) in [5.41, 5.74) is 2.24. The molecule has 0 spiro atoms. The molecule has 1 unspecified atom stereocenters. The van der Waals surface area contributed by atoms with Gasteiger partial charge in [-0.3, -0.25) is 0 Å². The summed E-state index contributed by atoms with van der Waals surface area (Å²) in [5.74, 6) is 0. The van der Waals surface area contributed by atoms with Gasteiger partial charge in [0, 0.05) is 30.3 Å². The SMILES string of the molecule is CNC(C)c1ccc(N(C)CCOC(C)C)cc1Cl. The van der Waals surface area contributed by atoms with Crippen LogP contribution in [-0.2, 0) is 4.74 Å². The van der Waals surface area contributed by atoms with E-state index in [2.05, 4.69) is 36.3 Å². The Bertz CT molecular complexity index is 396. The fourth-order valence-electron chi connectivity index (χ4n) is 1.81. The Morgan fingerprint density at radius 3 is 2.53 bits per heavy atom. The maximum atomic E-state index is 6.33. The van der Waals surface area contributed by atoms with Crippen LogP contribution in [0.15, 0.2) is 18.2 Å². The maximum Gasteiger partial charge on any atom is 0.0644 e. The lowest BCUT2D eigenvalue weighted by Crippen LogP contribution is -2.24. The topological polar surface area (TPSA) is 24.5 Å². The van der Waals surface area contributed by atoms with Crippen molar-refractivity contribution in [2.75, 3.05) is 32.1 Å². The van der Waals surface area contributed by atoms with Crippen molar-refractivity contribution in [1.29, 1.82) is 0 Å². The van der Waals surface area contributed by atoms with E-state index < -0.39 is 0 Å². The Hall–Kier alpha value is -0.770. The standard InChI is InChI=1S/C15H25ClN2O/c1-11(2)19-9-8-18(5)13-6-7-14(12(3)17-4)15(16)10-13/h6-7,10-12,17H,8-9H2,1-5H3. The Kier molecular flexibility index (Phi) is 6.63. The summed E-state index contributed by atoms with van der Waals surface area (Å²) in [6.45, 7) is 7.77. The van der Waals surface area contributed by atoms with Gasteiger partial charge < -0.3 is 15.0 Å². The predicted molar refractivity (Wildman–Crippen MR) is 83.3 cm³/mol. The van der Waals surface area contributed by atoms with Gasteiger partial charge in [-0.1, -0.05) is 17.7 Å². The summed E-state index contributed by atoms with van der Waals surface area (Å²) in [7, 11) is 3.99. The van der Waals surface area contributed by atoms with E-state index in [1.165, 1.54) is 0 Å². The van der Waals surface area contributed by atoms with E-state index in [1.807, 2.05) is 27.0 Å². The summed E-state index contributed by atoms with van der Waals surface area (Å²) >= 11 is 6.33. The quantitative estimate of drug-likeness (QED) is 0.830. The second-order valence-corrected chi connectivity index (χ2v) is 5.46. The van der Waals surface area contributed by atoms with E-state index in [-0.39, 0.29) is 12.1 Å². The van der Waals surface area contributed by atoms with E-state index in [0.717, 1.165) is 29.4 Å². The van der Waals surface area contributed by atoms with E-state index in [4.69, 9.17) is 16.3 Å². The van der Waals surface area contributed by atoms with Crippen molar-refractivity contribution in [3.8, 4) is 0 Å². The number of likely N-dealkylation sites (N-methyl/N-ethyl adjacent to an activating group) is 1. The normalized spacial score (nSPS) is 12.8. The Labute approximate surface area is 121 Å². The Morgan fingerprint density at radius 1 is 1.32 bits per heavy atom. The monoisotopic (exact) mass is 284 g/mol. The van der Waals surface area contributed by atoms with Crippen LogP contribution in [0.2, 0.25) is 5.02 Å². The molecule has 3 nitrogen and oxygen atoms in total. The molecule has 0 saturated heterocycles. The average molecular weight is 285 g/mol. The van der Waals surface area contributed by atoms with Crippen LogP contribution in [0.5, 0.6) is 0 Å². The second kappa shape index (κ2) is 7.73. The number of nitrogens with one attached hydrogen (secondary N) is 1. The third-order valence-corrected chi connectivity index (χ3v) is 3.53. The number of hydrogen-bond acceptors (Lipinski definition) is 3. The second-order valence-electron chi connectivity index (χ2n) is 5.06. The molecular formula is C15H25ClN2O. The van der Waals surface area contributed by atoms with Gasteiger partial charge in [0.25, 0.3) is 0 Å². The number of nitrogens with zero attached hydrogens (tertiary/aromatic N) is 1. The van der Waals surface area contributed by atoms with Crippen molar-refractivity contribution in [2.24, 2.45) is 0 Å². The molecule has 0 aromatic heterocycles. The van der Waals surface area contributed by atoms with E-state index in [0.29, 0.717) is 0 Å².